The molecule has 5 heteroatoms. The Balaban J connectivity index is 1.98. The summed E-state index contributed by atoms with van der Waals surface area (Å²) in [6.07, 6.45) is -1.59. The molecule has 19 heavy (non-hydrogen) atoms. The Kier molecular flexibility index (Phi) is 4.56. The minimum atomic E-state index is -4.07. The Hall–Kier alpha value is -0.550. The van der Waals surface area contributed by atoms with Crippen LogP contribution >= 0.6 is 11.3 Å². The minimum Gasteiger partial charge on any atom is -0.309 e. The topological polar surface area (TPSA) is 12.0 Å². The third kappa shape index (κ3) is 3.72. The van der Waals surface area contributed by atoms with Gasteiger partial charge in [0.2, 0.25) is 0 Å². The second kappa shape index (κ2) is 5.83. The van der Waals surface area contributed by atoms with Gasteiger partial charge < -0.3 is 5.32 Å². The van der Waals surface area contributed by atoms with E-state index < -0.39 is 18.1 Å². The Morgan fingerprint density at radius 1 is 1.26 bits per heavy atom. The third-order valence-electron chi connectivity index (χ3n) is 3.88. The smallest absolute Gasteiger partial charge is 0.309 e. The van der Waals surface area contributed by atoms with E-state index in [2.05, 4.69) is 11.4 Å². The van der Waals surface area contributed by atoms with Crippen molar-refractivity contribution in [1.82, 2.24) is 5.32 Å². The molecule has 108 valence electrons. The second-order valence-electron chi connectivity index (χ2n) is 5.36. The largest absolute Gasteiger partial charge is 0.393 e. The first kappa shape index (κ1) is 14.9. The Morgan fingerprint density at radius 3 is 2.53 bits per heavy atom. The van der Waals surface area contributed by atoms with Gasteiger partial charge in [-0.1, -0.05) is 12.8 Å². The highest BCUT2D eigenvalue weighted by Gasteiger charge is 2.45. The van der Waals surface area contributed by atoms with Crippen LogP contribution < -0.4 is 5.32 Å². The monoisotopic (exact) mass is 291 g/mol. The van der Waals surface area contributed by atoms with E-state index in [-0.39, 0.29) is 6.42 Å². The molecule has 1 aromatic rings. The number of thiophene rings is 1. The van der Waals surface area contributed by atoms with Crippen LogP contribution in [0.25, 0.3) is 0 Å². The van der Waals surface area contributed by atoms with E-state index in [0.29, 0.717) is 19.4 Å². The minimum absolute atomic E-state index is 0.267. The fourth-order valence-corrected chi connectivity index (χ4v) is 3.81. The molecule has 1 N–H and O–H groups in total. The molecule has 1 aromatic heterocycles. The SMILES string of the molecule is Cc1cc(CNC2CCCCC2C(F)(F)F)c(C)s1. The van der Waals surface area contributed by atoms with Gasteiger partial charge in [-0.05, 0) is 38.3 Å². The van der Waals surface area contributed by atoms with Crippen molar-refractivity contribution < 1.29 is 13.2 Å². The van der Waals surface area contributed by atoms with Crippen LogP contribution in [-0.4, -0.2) is 12.2 Å². The molecule has 0 aliphatic heterocycles. The summed E-state index contributed by atoms with van der Waals surface area (Å²) in [4.78, 5) is 2.41. The van der Waals surface area contributed by atoms with Gasteiger partial charge in [0, 0.05) is 22.3 Å². The van der Waals surface area contributed by atoms with Gasteiger partial charge in [-0.15, -0.1) is 11.3 Å². The second-order valence-corrected chi connectivity index (χ2v) is 6.82. The van der Waals surface area contributed by atoms with Crippen LogP contribution in [0.3, 0.4) is 0 Å². The first-order chi connectivity index (χ1) is 8.88. The summed E-state index contributed by atoms with van der Waals surface area (Å²) in [6.45, 7) is 4.60. The molecule has 0 radical (unpaired) electrons. The lowest BCUT2D eigenvalue weighted by atomic mass is 9.84. The molecule has 2 unspecified atom stereocenters. The fraction of sp³-hybridized carbons (Fsp3) is 0.714. The molecule has 1 nitrogen and oxygen atoms in total. The molecule has 2 rings (SSSR count). The first-order valence-electron chi connectivity index (χ1n) is 6.74. The van der Waals surface area contributed by atoms with Crippen LogP contribution in [0.2, 0.25) is 0 Å². The van der Waals surface area contributed by atoms with E-state index >= 15 is 0 Å². The van der Waals surface area contributed by atoms with Crippen molar-refractivity contribution in [3.8, 4) is 0 Å². The molecule has 1 aliphatic carbocycles. The Morgan fingerprint density at radius 2 is 1.95 bits per heavy atom. The summed E-state index contributed by atoms with van der Waals surface area (Å²) >= 11 is 1.70. The molecule has 1 fully saturated rings. The van der Waals surface area contributed by atoms with Gasteiger partial charge in [0.05, 0.1) is 5.92 Å². The van der Waals surface area contributed by atoms with E-state index in [1.165, 1.54) is 9.75 Å². The lowest BCUT2D eigenvalue weighted by Crippen LogP contribution is -2.45. The predicted molar refractivity (Wildman–Crippen MR) is 72.4 cm³/mol. The molecule has 0 amide bonds. The van der Waals surface area contributed by atoms with Crippen molar-refractivity contribution >= 4 is 11.3 Å². The normalized spacial score (nSPS) is 24.7. The zero-order chi connectivity index (χ0) is 14.0. The number of hydrogen-bond donors (Lipinski definition) is 1. The molecule has 1 saturated carbocycles. The van der Waals surface area contributed by atoms with E-state index in [1.807, 2.05) is 13.8 Å². The van der Waals surface area contributed by atoms with Crippen LogP contribution in [0.1, 0.15) is 41.0 Å². The Bertz CT molecular complexity index is 425. The zero-order valence-electron chi connectivity index (χ0n) is 11.3. The number of halogens is 3. The van der Waals surface area contributed by atoms with E-state index in [1.54, 1.807) is 11.3 Å². The van der Waals surface area contributed by atoms with Crippen LogP contribution in [0.5, 0.6) is 0 Å². The maximum Gasteiger partial charge on any atom is 0.393 e. The summed E-state index contributed by atoms with van der Waals surface area (Å²) in [6, 6.07) is 1.65. The standard InChI is InChI=1S/C14H20F3NS/c1-9-7-11(10(2)19-9)8-18-13-6-4-3-5-12(13)14(15,16)17/h7,12-13,18H,3-6,8H2,1-2H3. The summed E-state index contributed by atoms with van der Waals surface area (Å²) in [5, 5.41) is 3.14. The average molecular weight is 291 g/mol. The van der Waals surface area contributed by atoms with E-state index in [9.17, 15) is 13.2 Å². The predicted octanol–water partition coefficient (Wildman–Crippen LogP) is 4.58. The van der Waals surface area contributed by atoms with E-state index in [0.717, 1.165) is 12.0 Å². The number of rotatable bonds is 3. The molecule has 2 atom stereocenters. The van der Waals surface area contributed by atoms with Crippen molar-refractivity contribution in [3.05, 3.63) is 21.4 Å². The molecule has 0 aromatic carbocycles. The molecule has 0 bridgehead atoms. The summed E-state index contributed by atoms with van der Waals surface area (Å²) < 4.78 is 38.9. The van der Waals surface area contributed by atoms with Gasteiger partial charge in [-0.2, -0.15) is 13.2 Å². The molecular weight excluding hydrogens is 271 g/mol. The van der Waals surface area contributed by atoms with Crippen molar-refractivity contribution in [3.63, 3.8) is 0 Å². The van der Waals surface area contributed by atoms with Crippen LogP contribution in [-0.2, 0) is 6.54 Å². The van der Waals surface area contributed by atoms with Crippen molar-refractivity contribution in [2.24, 2.45) is 5.92 Å². The van der Waals surface area contributed by atoms with Gasteiger partial charge in [0.15, 0.2) is 0 Å². The highest BCUT2D eigenvalue weighted by atomic mass is 32.1. The fourth-order valence-electron chi connectivity index (χ4n) is 2.87. The van der Waals surface area contributed by atoms with Gasteiger partial charge in [0.25, 0.3) is 0 Å². The molecule has 0 saturated heterocycles. The number of nitrogens with one attached hydrogen (secondary N) is 1. The van der Waals surface area contributed by atoms with Crippen molar-refractivity contribution in [1.29, 1.82) is 0 Å². The summed E-state index contributed by atoms with van der Waals surface area (Å²) in [7, 11) is 0. The maximum atomic E-state index is 13.0. The highest BCUT2D eigenvalue weighted by Crippen LogP contribution is 2.38. The van der Waals surface area contributed by atoms with Crippen LogP contribution in [0.15, 0.2) is 6.07 Å². The number of aryl methyl sites for hydroxylation is 2. The van der Waals surface area contributed by atoms with Gasteiger partial charge in [-0.25, -0.2) is 0 Å². The summed E-state index contributed by atoms with van der Waals surface area (Å²) in [5.74, 6) is -1.18. The summed E-state index contributed by atoms with van der Waals surface area (Å²) in [5.41, 5.74) is 1.13. The molecule has 1 heterocycles. The quantitative estimate of drug-likeness (QED) is 0.860. The molecular formula is C14H20F3NS. The first-order valence-corrected chi connectivity index (χ1v) is 7.55. The Labute approximate surface area is 116 Å². The van der Waals surface area contributed by atoms with Crippen molar-refractivity contribution in [2.45, 2.75) is 58.3 Å². The maximum absolute atomic E-state index is 13.0. The number of hydrogen-bond acceptors (Lipinski definition) is 2. The number of alkyl halides is 3. The highest BCUT2D eigenvalue weighted by molar-refractivity contribution is 7.12. The molecule has 0 spiro atoms. The average Bonchev–Trinajstić information content (AvgIpc) is 2.64. The zero-order valence-corrected chi connectivity index (χ0v) is 12.1. The van der Waals surface area contributed by atoms with Gasteiger partial charge in [-0.3, -0.25) is 0 Å². The van der Waals surface area contributed by atoms with Crippen LogP contribution in [0, 0.1) is 19.8 Å². The van der Waals surface area contributed by atoms with Crippen LogP contribution in [0.4, 0.5) is 13.2 Å². The lowest BCUT2D eigenvalue weighted by molar-refractivity contribution is -0.189. The van der Waals surface area contributed by atoms with Gasteiger partial charge in [0.1, 0.15) is 0 Å². The third-order valence-corrected chi connectivity index (χ3v) is 4.89. The van der Waals surface area contributed by atoms with Crippen molar-refractivity contribution in [2.75, 3.05) is 0 Å². The molecule has 1 aliphatic rings. The van der Waals surface area contributed by atoms with E-state index in [4.69, 9.17) is 0 Å². The lowest BCUT2D eigenvalue weighted by Gasteiger charge is -2.33. The van der Waals surface area contributed by atoms with Gasteiger partial charge >= 0.3 is 6.18 Å².